The van der Waals surface area contributed by atoms with Crippen LogP contribution in [0, 0.1) is 0 Å². The quantitative estimate of drug-likeness (QED) is 0.328. The SMILES string of the molecule is CC1(C)c2cc(C3=CC=C=C=C3)ccc2N2c3ccccc3Oc3cccc1c32. The molecule has 0 atom stereocenters. The monoisotopic (exact) mass is 373 g/mol. The molecule has 2 nitrogen and oxygen atoms in total. The number of para-hydroxylation sites is 3. The minimum atomic E-state index is -0.145. The molecular formula is C27H19NO. The normalized spacial score (nSPS) is 16.5. The lowest BCUT2D eigenvalue weighted by molar-refractivity contribution is 0.471. The highest BCUT2D eigenvalue weighted by Gasteiger charge is 2.41. The molecule has 1 aliphatic carbocycles. The van der Waals surface area contributed by atoms with Crippen LogP contribution in [0.15, 0.2) is 90.4 Å². The molecule has 2 aliphatic heterocycles. The fraction of sp³-hybridized carbons (Fsp3) is 0.111. The van der Waals surface area contributed by atoms with Gasteiger partial charge in [0, 0.05) is 5.41 Å². The number of ether oxygens (including phenoxy) is 1. The number of nitrogens with zero attached hydrogens (tertiary/aromatic N) is 1. The summed E-state index contributed by atoms with van der Waals surface area (Å²) in [6.07, 6.45) is 6.00. The third-order valence-electron chi connectivity index (χ3n) is 6.12. The van der Waals surface area contributed by atoms with E-state index in [9.17, 15) is 0 Å². The molecule has 0 fully saturated rings. The number of hydrogen-bond donors (Lipinski definition) is 0. The highest BCUT2D eigenvalue weighted by Crippen LogP contribution is 2.59. The van der Waals surface area contributed by atoms with Crippen LogP contribution in [-0.4, -0.2) is 0 Å². The van der Waals surface area contributed by atoms with E-state index in [0.717, 1.165) is 28.4 Å². The molecule has 0 saturated heterocycles. The van der Waals surface area contributed by atoms with Crippen molar-refractivity contribution in [2.75, 3.05) is 4.90 Å². The minimum absolute atomic E-state index is 0.145. The zero-order chi connectivity index (χ0) is 19.6. The van der Waals surface area contributed by atoms with Gasteiger partial charge < -0.3 is 9.64 Å². The van der Waals surface area contributed by atoms with Gasteiger partial charge in [0.1, 0.15) is 0 Å². The molecule has 0 unspecified atom stereocenters. The van der Waals surface area contributed by atoms with Crippen LogP contribution in [0.1, 0.15) is 30.5 Å². The summed E-state index contributed by atoms with van der Waals surface area (Å²) in [5.41, 5.74) is 14.3. The van der Waals surface area contributed by atoms with Gasteiger partial charge in [-0.05, 0) is 70.8 Å². The molecule has 0 N–H and O–H groups in total. The molecule has 2 heteroatoms. The van der Waals surface area contributed by atoms with E-state index in [4.69, 9.17) is 4.74 Å². The van der Waals surface area contributed by atoms with E-state index in [-0.39, 0.29) is 5.41 Å². The van der Waals surface area contributed by atoms with Gasteiger partial charge in [-0.3, -0.25) is 0 Å². The molecule has 0 amide bonds. The Bertz CT molecular complexity index is 1330. The molecule has 3 aromatic carbocycles. The Morgan fingerprint density at radius 2 is 1.69 bits per heavy atom. The standard InChI is InChI=1S/C27H19NO/c1-27(2)20-11-8-14-25-26(20)28(23-12-6-7-13-24(23)29-25)22-16-15-19(17-21(22)27)18-9-4-3-5-10-18/h4,6-17H,1-2H3. The average Bonchev–Trinajstić information content (AvgIpc) is 2.76. The van der Waals surface area contributed by atoms with E-state index in [1.165, 1.54) is 22.4 Å². The van der Waals surface area contributed by atoms with Gasteiger partial charge in [-0.2, -0.15) is 0 Å². The molecule has 2 heterocycles. The lowest BCUT2D eigenvalue weighted by atomic mass is 9.72. The lowest BCUT2D eigenvalue weighted by Gasteiger charge is -2.45. The van der Waals surface area contributed by atoms with Gasteiger partial charge in [0.05, 0.1) is 17.1 Å². The molecule has 0 saturated carbocycles. The summed E-state index contributed by atoms with van der Waals surface area (Å²) in [6.45, 7) is 4.60. The van der Waals surface area contributed by atoms with Crippen molar-refractivity contribution in [3.05, 3.63) is 107 Å². The second-order valence-corrected chi connectivity index (χ2v) is 8.14. The maximum Gasteiger partial charge on any atom is 0.151 e. The fourth-order valence-electron chi connectivity index (χ4n) is 4.64. The van der Waals surface area contributed by atoms with Crippen LogP contribution in [0.3, 0.4) is 0 Å². The number of anilines is 3. The molecular weight excluding hydrogens is 354 g/mol. The fourth-order valence-corrected chi connectivity index (χ4v) is 4.64. The van der Waals surface area contributed by atoms with Gasteiger partial charge in [0.25, 0.3) is 0 Å². The zero-order valence-corrected chi connectivity index (χ0v) is 16.4. The summed E-state index contributed by atoms with van der Waals surface area (Å²) in [6, 6.07) is 21.4. The Hall–Kier alpha value is -3.70. The summed E-state index contributed by atoms with van der Waals surface area (Å²) in [5.74, 6) is 1.80. The molecule has 0 bridgehead atoms. The van der Waals surface area contributed by atoms with Crippen LogP contribution in [0.4, 0.5) is 17.1 Å². The van der Waals surface area contributed by atoms with Crippen molar-refractivity contribution >= 4 is 22.6 Å². The van der Waals surface area contributed by atoms with Gasteiger partial charge >= 0.3 is 0 Å². The van der Waals surface area contributed by atoms with Crippen molar-refractivity contribution in [3.8, 4) is 11.5 Å². The van der Waals surface area contributed by atoms with Crippen LogP contribution in [0.2, 0.25) is 0 Å². The van der Waals surface area contributed by atoms with E-state index < -0.39 is 0 Å². The summed E-state index contributed by atoms with van der Waals surface area (Å²) in [7, 11) is 0. The van der Waals surface area contributed by atoms with Crippen LogP contribution in [0.5, 0.6) is 11.5 Å². The van der Waals surface area contributed by atoms with Crippen LogP contribution < -0.4 is 9.64 Å². The smallest absolute Gasteiger partial charge is 0.151 e. The first-order chi connectivity index (χ1) is 14.1. The van der Waals surface area contributed by atoms with Gasteiger partial charge in [-0.1, -0.05) is 55.6 Å². The second-order valence-electron chi connectivity index (χ2n) is 8.14. The number of benzene rings is 3. The topological polar surface area (TPSA) is 12.5 Å². The highest BCUT2D eigenvalue weighted by molar-refractivity contribution is 5.93. The van der Waals surface area contributed by atoms with E-state index in [1.54, 1.807) is 0 Å². The van der Waals surface area contributed by atoms with E-state index in [0.29, 0.717) is 0 Å². The van der Waals surface area contributed by atoms with Gasteiger partial charge in [-0.25, -0.2) is 0 Å². The average molecular weight is 373 g/mol. The van der Waals surface area contributed by atoms with Gasteiger partial charge in [0.2, 0.25) is 0 Å². The first-order valence-electron chi connectivity index (χ1n) is 9.88. The van der Waals surface area contributed by atoms with Crippen molar-refractivity contribution in [1.29, 1.82) is 0 Å². The third kappa shape index (κ3) is 2.19. The van der Waals surface area contributed by atoms with Crippen molar-refractivity contribution in [2.24, 2.45) is 0 Å². The van der Waals surface area contributed by atoms with Crippen LogP contribution in [-0.2, 0) is 5.41 Å². The number of allylic oxidation sites excluding steroid dienone is 4. The number of fused-ring (bicyclic) bond motifs is 4. The van der Waals surface area contributed by atoms with E-state index >= 15 is 0 Å². The predicted octanol–water partition coefficient (Wildman–Crippen LogP) is 7.16. The van der Waals surface area contributed by atoms with E-state index in [1.807, 2.05) is 24.3 Å². The first kappa shape index (κ1) is 16.3. The second kappa shape index (κ2) is 5.65. The summed E-state index contributed by atoms with van der Waals surface area (Å²) >= 11 is 0. The van der Waals surface area contributed by atoms with Crippen LogP contribution >= 0.6 is 0 Å². The summed E-state index contributed by atoms with van der Waals surface area (Å²) in [4.78, 5) is 2.36. The Morgan fingerprint density at radius 1 is 0.828 bits per heavy atom. The molecule has 0 aromatic heterocycles. The molecule has 138 valence electrons. The zero-order valence-electron chi connectivity index (χ0n) is 16.4. The Labute approximate surface area is 170 Å². The van der Waals surface area contributed by atoms with Crippen LogP contribution in [0.25, 0.3) is 5.57 Å². The summed E-state index contributed by atoms with van der Waals surface area (Å²) < 4.78 is 6.28. The van der Waals surface area contributed by atoms with Crippen molar-refractivity contribution in [1.82, 2.24) is 0 Å². The lowest BCUT2D eigenvalue weighted by Crippen LogP contribution is -2.32. The van der Waals surface area contributed by atoms with Crippen molar-refractivity contribution in [2.45, 2.75) is 19.3 Å². The number of hydrogen-bond acceptors (Lipinski definition) is 2. The molecule has 3 aliphatic rings. The highest BCUT2D eigenvalue weighted by atomic mass is 16.5. The molecule has 3 aromatic rings. The van der Waals surface area contributed by atoms with Gasteiger partial charge in [-0.15, -0.1) is 0 Å². The minimum Gasteiger partial charge on any atom is -0.453 e. The summed E-state index contributed by atoms with van der Waals surface area (Å²) in [5, 5.41) is 0. The maximum atomic E-state index is 6.28. The molecule has 29 heavy (non-hydrogen) atoms. The van der Waals surface area contributed by atoms with Crippen molar-refractivity contribution in [3.63, 3.8) is 0 Å². The van der Waals surface area contributed by atoms with Gasteiger partial charge in [0.15, 0.2) is 11.5 Å². The molecule has 0 radical (unpaired) electrons. The Balaban J connectivity index is 1.64. The molecule has 6 rings (SSSR count). The largest absolute Gasteiger partial charge is 0.453 e. The van der Waals surface area contributed by atoms with Crippen molar-refractivity contribution < 1.29 is 4.74 Å². The third-order valence-corrected chi connectivity index (χ3v) is 6.12. The Kier molecular flexibility index (Phi) is 3.17. The predicted molar refractivity (Wildman–Crippen MR) is 117 cm³/mol. The first-order valence-corrected chi connectivity index (χ1v) is 9.88. The Morgan fingerprint density at radius 3 is 2.55 bits per heavy atom. The van der Waals surface area contributed by atoms with E-state index in [2.05, 4.69) is 84.8 Å². The maximum absolute atomic E-state index is 6.28. The molecule has 0 spiro atoms. The number of rotatable bonds is 1.